The summed E-state index contributed by atoms with van der Waals surface area (Å²) in [4.78, 5) is 14.5. The standard InChI is InChI=1S/C17H27N3O/c1-17(18)11-7-6-9-14(17)16(21)19-12-13-8-4-5-10-15(13)20(2)3/h4-5,8,10,14H,6-7,9,11-12,18H2,1-3H3,(H,19,21). The number of para-hydroxylation sites is 1. The number of hydrogen-bond donors (Lipinski definition) is 2. The molecule has 2 atom stereocenters. The normalized spacial score (nSPS) is 25.4. The summed E-state index contributed by atoms with van der Waals surface area (Å²) in [5.74, 6) is 0.0195. The first-order chi connectivity index (χ1) is 9.92. The molecule has 1 aromatic rings. The van der Waals surface area contributed by atoms with Crippen molar-refractivity contribution in [3.8, 4) is 0 Å². The summed E-state index contributed by atoms with van der Waals surface area (Å²) in [6, 6.07) is 8.13. The first-order valence-corrected chi connectivity index (χ1v) is 7.73. The van der Waals surface area contributed by atoms with Crippen molar-refractivity contribution in [3.63, 3.8) is 0 Å². The number of carbonyl (C=O) groups is 1. The van der Waals surface area contributed by atoms with E-state index in [9.17, 15) is 4.79 Å². The van der Waals surface area contributed by atoms with Crippen LogP contribution >= 0.6 is 0 Å². The van der Waals surface area contributed by atoms with Crippen molar-refractivity contribution >= 4 is 11.6 Å². The zero-order chi connectivity index (χ0) is 15.5. The Bertz CT molecular complexity index is 497. The highest BCUT2D eigenvalue weighted by atomic mass is 16.1. The van der Waals surface area contributed by atoms with Crippen molar-refractivity contribution in [1.82, 2.24) is 5.32 Å². The molecule has 0 aromatic heterocycles. The van der Waals surface area contributed by atoms with Crippen LogP contribution in [-0.2, 0) is 11.3 Å². The van der Waals surface area contributed by atoms with Crippen LogP contribution in [-0.4, -0.2) is 25.5 Å². The van der Waals surface area contributed by atoms with Crippen LogP contribution in [0, 0.1) is 5.92 Å². The number of benzene rings is 1. The van der Waals surface area contributed by atoms with Gasteiger partial charge in [-0.3, -0.25) is 4.79 Å². The Morgan fingerprint density at radius 2 is 2.10 bits per heavy atom. The van der Waals surface area contributed by atoms with E-state index in [0.717, 1.165) is 36.9 Å². The first kappa shape index (κ1) is 15.8. The van der Waals surface area contributed by atoms with Crippen LogP contribution in [0.4, 0.5) is 5.69 Å². The third-order valence-electron chi connectivity index (χ3n) is 4.50. The second kappa shape index (κ2) is 6.48. The van der Waals surface area contributed by atoms with Gasteiger partial charge in [0.2, 0.25) is 5.91 Å². The van der Waals surface area contributed by atoms with E-state index in [2.05, 4.69) is 22.3 Å². The Morgan fingerprint density at radius 1 is 1.38 bits per heavy atom. The maximum absolute atomic E-state index is 12.5. The van der Waals surface area contributed by atoms with E-state index in [0.29, 0.717) is 6.54 Å². The van der Waals surface area contributed by atoms with E-state index < -0.39 is 0 Å². The van der Waals surface area contributed by atoms with Gasteiger partial charge in [-0.05, 0) is 31.4 Å². The van der Waals surface area contributed by atoms with Gasteiger partial charge in [-0.15, -0.1) is 0 Å². The minimum absolute atomic E-state index is 0.0715. The molecule has 4 heteroatoms. The smallest absolute Gasteiger partial charge is 0.225 e. The van der Waals surface area contributed by atoms with Crippen LogP contribution in [0.2, 0.25) is 0 Å². The molecule has 2 unspecified atom stereocenters. The van der Waals surface area contributed by atoms with E-state index in [1.807, 2.05) is 33.2 Å². The molecule has 0 saturated heterocycles. The second-order valence-corrected chi connectivity index (χ2v) is 6.55. The van der Waals surface area contributed by atoms with E-state index in [4.69, 9.17) is 5.73 Å². The zero-order valence-corrected chi connectivity index (χ0v) is 13.4. The lowest BCUT2D eigenvalue weighted by Gasteiger charge is -2.37. The van der Waals surface area contributed by atoms with Gasteiger partial charge >= 0.3 is 0 Å². The van der Waals surface area contributed by atoms with Gasteiger partial charge < -0.3 is 16.0 Å². The van der Waals surface area contributed by atoms with E-state index in [1.54, 1.807) is 0 Å². The van der Waals surface area contributed by atoms with Crippen molar-refractivity contribution in [2.75, 3.05) is 19.0 Å². The lowest BCUT2D eigenvalue weighted by atomic mass is 9.74. The summed E-state index contributed by atoms with van der Waals surface area (Å²) in [5, 5.41) is 3.07. The quantitative estimate of drug-likeness (QED) is 0.894. The van der Waals surface area contributed by atoms with Crippen molar-refractivity contribution in [2.24, 2.45) is 11.7 Å². The maximum atomic E-state index is 12.5. The number of nitrogens with zero attached hydrogens (tertiary/aromatic N) is 1. The van der Waals surface area contributed by atoms with Crippen molar-refractivity contribution in [3.05, 3.63) is 29.8 Å². The number of anilines is 1. The van der Waals surface area contributed by atoms with Crippen LogP contribution in [0.3, 0.4) is 0 Å². The molecule has 1 saturated carbocycles. The second-order valence-electron chi connectivity index (χ2n) is 6.55. The molecule has 0 heterocycles. The number of rotatable bonds is 4. The molecule has 1 amide bonds. The summed E-state index contributed by atoms with van der Waals surface area (Å²) in [6.07, 6.45) is 4.05. The van der Waals surface area contributed by atoms with Crippen LogP contribution in [0.15, 0.2) is 24.3 Å². The minimum Gasteiger partial charge on any atom is -0.377 e. The number of carbonyl (C=O) groups excluding carboxylic acids is 1. The number of nitrogens with one attached hydrogen (secondary N) is 1. The molecule has 0 spiro atoms. The SMILES string of the molecule is CN(C)c1ccccc1CNC(=O)C1CCCCC1(C)N. The van der Waals surface area contributed by atoms with Gasteiger partial charge in [-0.25, -0.2) is 0 Å². The predicted octanol–water partition coefficient (Wildman–Crippen LogP) is 2.28. The Balaban J connectivity index is 2.01. The fraction of sp³-hybridized carbons (Fsp3) is 0.588. The van der Waals surface area contributed by atoms with Crippen LogP contribution < -0.4 is 16.0 Å². The summed E-state index contributed by atoms with van der Waals surface area (Å²) in [6.45, 7) is 2.56. The molecule has 1 aliphatic carbocycles. The Morgan fingerprint density at radius 3 is 2.76 bits per heavy atom. The topological polar surface area (TPSA) is 58.4 Å². The van der Waals surface area contributed by atoms with Gasteiger partial charge in [0.15, 0.2) is 0 Å². The molecule has 0 radical (unpaired) electrons. The lowest BCUT2D eigenvalue weighted by Crippen LogP contribution is -2.52. The predicted molar refractivity (Wildman–Crippen MR) is 87.2 cm³/mol. The van der Waals surface area contributed by atoms with E-state index in [1.165, 1.54) is 0 Å². The third kappa shape index (κ3) is 3.76. The number of nitrogens with two attached hydrogens (primary N) is 1. The van der Waals surface area contributed by atoms with Crippen LogP contribution in [0.1, 0.15) is 38.2 Å². The van der Waals surface area contributed by atoms with E-state index >= 15 is 0 Å². The molecule has 1 aliphatic rings. The van der Waals surface area contributed by atoms with Crippen molar-refractivity contribution in [2.45, 2.75) is 44.7 Å². The average molecular weight is 289 g/mol. The maximum Gasteiger partial charge on any atom is 0.225 e. The molecule has 1 aromatic carbocycles. The molecule has 0 bridgehead atoms. The number of amides is 1. The number of hydrogen-bond acceptors (Lipinski definition) is 3. The zero-order valence-electron chi connectivity index (χ0n) is 13.4. The van der Waals surface area contributed by atoms with Crippen LogP contribution in [0.5, 0.6) is 0 Å². The summed E-state index contributed by atoms with van der Waals surface area (Å²) in [5.41, 5.74) is 8.20. The van der Waals surface area contributed by atoms with E-state index in [-0.39, 0.29) is 17.4 Å². The first-order valence-electron chi connectivity index (χ1n) is 7.73. The molecule has 4 nitrogen and oxygen atoms in total. The molecule has 0 aliphatic heterocycles. The van der Waals surface area contributed by atoms with Crippen molar-refractivity contribution < 1.29 is 4.79 Å². The Hall–Kier alpha value is -1.55. The average Bonchev–Trinajstić information content (AvgIpc) is 2.44. The van der Waals surface area contributed by atoms with Gasteiger partial charge in [0.1, 0.15) is 0 Å². The molecular weight excluding hydrogens is 262 g/mol. The lowest BCUT2D eigenvalue weighted by molar-refractivity contribution is -0.128. The fourth-order valence-corrected chi connectivity index (χ4v) is 3.19. The fourth-order valence-electron chi connectivity index (χ4n) is 3.19. The Labute approximate surface area is 127 Å². The highest BCUT2D eigenvalue weighted by molar-refractivity contribution is 5.80. The molecule has 1 fully saturated rings. The Kier molecular flexibility index (Phi) is 4.88. The van der Waals surface area contributed by atoms with Gasteiger partial charge in [0, 0.05) is 31.9 Å². The van der Waals surface area contributed by atoms with Gasteiger partial charge in [-0.1, -0.05) is 31.0 Å². The van der Waals surface area contributed by atoms with Crippen LogP contribution in [0.25, 0.3) is 0 Å². The molecule has 21 heavy (non-hydrogen) atoms. The summed E-state index contributed by atoms with van der Waals surface area (Å²) in [7, 11) is 4.03. The summed E-state index contributed by atoms with van der Waals surface area (Å²) >= 11 is 0. The van der Waals surface area contributed by atoms with Gasteiger partial charge in [0.05, 0.1) is 5.92 Å². The highest BCUT2D eigenvalue weighted by Crippen LogP contribution is 2.31. The molecular formula is C17H27N3O. The van der Waals surface area contributed by atoms with Crippen molar-refractivity contribution in [1.29, 1.82) is 0 Å². The highest BCUT2D eigenvalue weighted by Gasteiger charge is 2.37. The van der Waals surface area contributed by atoms with Gasteiger partial charge in [0.25, 0.3) is 0 Å². The molecule has 3 N–H and O–H groups in total. The minimum atomic E-state index is -0.372. The summed E-state index contributed by atoms with van der Waals surface area (Å²) < 4.78 is 0. The largest absolute Gasteiger partial charge is 0.377 e. The van der Waals surface area contributed by atoms with Gasteiger partial charge in [-0.2, -0.15) is 0 Å². The third-order valence-corrected chi connectivity index (χ3v) is 4.50. The molecule has 2 rings (SSSR count). The monoisotopic (exact) mass is 289 g/mol. The molecule has 116 valence electrons.